The summed E-state index contributed by atoms with van der Waals surface area (Å²) in [6.45, 7) is 3.28. The maximum Gasteiger partial charge on any atom is 0.251 e. The largest absolute Gasteiger partial charge is 0.508 e. The molecule has 20 heavy (non-hydrogen) atoms. The van der Waals surface area contributed by atoms with Crippen LogP contribution in [0.1, 0.15) is 25.5 Å². The number of hydrogen-bond acceptors (Lipinski definition) is 3. The van der Waals surface area contributed by atoms with Crippen LogP contribution in [0.25, 0.3) is 0 Å². The Morgan fingerprint density at radius 1 is 1.15 bits per heavy atom. The van der Waals surface area contributed by atoms with Crippen molar-refractivity contribution in [1.29, 1.82) is 0 Å². The lowest BCUT2D eigenvalue weighted by molar-refractivity contribution is -0.119. The van der Waals surface area contributed by atoms with Crippen molar-refractivity contribution in [1.82, 2.24) is 10.6 Å². The Hall–Kier alpha value is -2.56. The third-order valence-corrected chi connectivity index (χ3v) is 2.95. The van der Waals surface area contributed by atoms with E-state index in [-0.39, 0.29) is 23.6 Å². The number of nitrogens with one attached hydrogen (secondary N) is 2. The molecule has 3 N–H and O–H groups in total. The molecule has 5 heteroatoms. The van der Waals surface area contributed by atoms with Crippen LogP contribution in [0, 0.1) is 0 Å². The smallest absolute Gasteiger partial charge is 0.251 e. The SMILES string of the molecule is CC(=O)NC1=CC(C(=O)NC(C)c2ccc(O)cc2)=C1. The topological polar surface area (TPSA) is 78.4 Å². The Morgan fingerprint density at radius 2 is 1.75 bits per heavy atom. The third kappa shape index (κ3) is 3.26. The van der Waals surface area contributed by atoms with Crippen molar-refractivity contribution >= 4 is 11.8 Å². The molecule has 1 atom stereocenters. The number of phenolic OH excluding ortho intramolecular Hbond substituents is 1. The summed E-state index contributed by atoms with van der Waals surface area (Å²) in [6, 6.07) is 6.51. The standard InChI is InChI=1S/C15H16N2O3/c1-9(11-3-5-14(19)6-4-11)16-15(20)12-7-13(8-12)17-10(2)18/h3-9,19H,1-2H3,(H,16,20)(H,17,18). The van der Waals surface area contributed by atoms with Gasteiger partial charge in [0.15, 0.2) is 0 Å². The summed E-state index contributed by atoms with van der Waals surface area (Å²) in [5.41, 5.74) is 2.07. The number of benzene rings is 1. The fourth-order valence-electron chi connectivity index (χ4n) is 1.86. The first kappa shape index (κ1) is 13.9. The van der Waals surface area contributed by atoms with Crippen LogP contribution in [0.3, 0.4) is 0 Å². The summed E-state index contributed by atoms with van der Waals surface area (Å²) in [5.74, 6) is -0.166. The zero-order valence-corrected chi connectivity index (χ0v) is 11.3. The van der Waals surface area contributed by atoms with E-state index in [1.807, 2.05) is 6.92 Å². The molecule has 0 bridgehead atoms. The maximum absolute atomic E-state index is 11.9. The molecule has 1 aromatic rings. The molecule has 0 spiro atoms. The Labute approximate surface area is 117 Å². The molecule has 0 fully saturated rings. The van der Waals surface area contributed by atoms with Crippen molar-refractivity contribution in [3.8, 4) is 5.75 Å². The van der Waals surface area contributed by atoms with Gasteiger partial charge in [-0.25, -0.2) is 0 Å². The van der Waals surface area contributed by atoms with E-state index >= 15 is 0 Å². The van der Waals surface area contributed by atoms with Crippen LogP contribution in [0.2, 0.25) is 0 Å². The first-order valence-corrected chi connectivity index (χ1v) is 6.26. The summed E-state index contributed by atoms with van der Waals surface area (Å²) < 4.78 is 0. The van der Waals surface area contributed by atoms with Gasteiger partial charge in [-0.2, -0.15) is 0 Å². The van der Waals surface area contributed by atoms with E-state index in [0.717, 1.165) is 5.56 Å². The summed E-state index contributed by atoms with van der Waals surface area (Å²) in [5, 5.41) is 14.7. The monoisotopic (exact) mass is 272 g/mol. The van der Waals surface area contributed by atoms with Gasteiger partial charge in [0.1, 0.15) is 5.75 Å². The van der Waals surface area contributed by atoms with Gasteiger partial charge in [0, 0.05) is 18.2 Å². The number of phenols is 1. The molecule has 0 saturated carbocycles. The number of rotatable bonds is 4. The van der Waals surface area contributed by atoms with Crippen molar-refractivity contribution in [2.75, 3.05) is 0 Å². The zero-order valence-electron chi connectivity index (χ0n) is 11.3. The minimum atomic E-state index is -0.195. The van der Waals surface area contributed by atoms with E-state index in [4.69, 9.17) is 0 Å². The maximum atomic E-state index is 11.9. The first-order valence-electron chi connectivity index (χ1n) is 6.26. The van der Waals surface area contributed by atoms with Crippen molar-refractivity contribution in [2.45, 2.75) is 19.9 Å². The van der Waals surface area contributed by atoms with Gasteiger partial charge in [-0.1, -0.05) is 12.1 Å². The van der Waals surface area contributed by atoms with E-state index in [1.165, 1.54) is 6.92 Å². The fourth-order valence-corrected chi connectivity index (χ4v) is 1.86. The normalized spacial score (nSPS) is 14.5. The Balaban J connectivity index is 1.90. The first-order chi connectivity index (χ1) is 9.45. The van der Waals surface area contributed by atoms with Gasteiger partial charge in [-0.05, 0) is 36.8 Å². The molecule has 1 aliphatic carbocycles. The summed E-state index contributed by atoms with van der Waals surface area (Å²) in [7, 11) is 0. The van der Waals surface area contributed by atoms with Crippen molar-refractivity contribution < 1.29 is 14.7 Å². The second-order valence-corrected chi connectivity index (χ2v) is 4.67. The van der Waals surface area contributed by atoms with Gasteiger partial charge in [-0.15, -0.1) is 0 Å². The molecule has 0 aromatic heterocycles. The molecule has 0 saturated heterocycles. The van der Waals surface area contributed by atoms with Gasteiger partial charge in [-0.3, -0.25) is 9.59 Å². The molecule has 1 unspecified atom stereocenters. The van der Waals surface area contributed by atoms with E-state index in [9.17, 15) is 14.7 Å². The Kier molecular flexibility index (Phi) is 3.89. The Morgan fingerprint density at radius 3 is 2.30 bits per heavy atom. The quantitative estimate of drug-likeness (QED) is 0.777. The van der Waals surface area contributed by atoms with Crippen molar-refractivity contribution in [3.05, 3.63) is 53.3 Å². The zero-order chi connectivity index (χ0) is 14.7. The molecule has 0 aliphatic heterocycles. The van der Waals surface area contributed by atoms with Crippen LogP contribution in [-0.2, 0) is 9.59 Å². The van der Waals surface area contributed by atoms with Gasteiger partial charge >= 0.3 is 0 Å². The highest BCUT2D eigenvalue weighted by Crippen LogP contribution is 2.19. The lowest BCUT2D eigenvalue weighted by Gasteiger charge is -2.19. The number of allylic oxidation sites excluding steroid dienone is 1. The van der Waals surface area contributed by atoms with E-state index in [0.29, 0.717) is 11.3 Å². The highest BCUT2D eigenvalue weighted by Gasteiger charge is 2.18. The molecule has 0 heterocycles. The van der Waals surface area contributed by atoms with Crippen LogP contribution < -0.4 is 10.6 Å². The van der Waals surface area contributed by atoms with Crippen LogP contribution in [0.4, 0.5) is 0 Å². The number of amides is 2. The van der Waals surface area contributed by atoms with Crippen molar-refractivity contribution in [3.63, 3.8) is 0 Å². The van der Waals surface area contributed by atoms with Crippen LogP contribution in [-0.4, -0.2) is 16.9 Å². The number of hydrogen-bond donors (Lipinski definition) is 3. The lowest BCUT2D eigenvalue weighted by atomic mass is 10.0. The minimum Gasteiger partial charge on any atom is -0.508 e. The molecule has 0 radical (unpaired) electrons. The number of aromatic hydroxyl groups is 1. The summed E-state index contributed by atoms with van der Waals surface area (Å²) in [6.07, 6.45) is 3.25. The lowest BCUT2D eigenvalue weighted by Crippen LogP contribution is -2.31. The van der Waals surface area contributed by atoms with E-state index in [2.05, 4.69) is 10.6 Å². The molecule has 2 rings (SSSR count). The summed E-state index contributed by atoms with van der Waals surface area (Å²) >= 11 is 0. The van der Waals surface area contributed by atoms with Crippen LogP contribution >= 0.6 is 0 Å². The molecular weight excluding hydrogens is 256 g/mol. The molecule has 1 aliphatic rings. The number of carbonyl (C=O) groups is 2. The third-order valence-electron chi connectivity index (χ3n) is 2.95. The predicted octanol–water partition coefficient (Wildman–Crippen LogP) is 1.53. The molecule has 2 amide bonds. The van der Waals surface area contributed by atoms with Crippen LogP contribution in [0.5, 0.6) is 5.75 Å². The average Bonchev–Trinajstić information content (AvgIpc) is 2.33. The van der Waals surface area contributed by atoms with Gasteiger partial charge in [0.05, 0.1) is 6.04 Å². The molecule has 1 aromatic carbocycles. The van der Waals surface area contributed by atoms with E-state index < -0.39 is 0 Å². The minimum absolute atomic E-state index is 0.163. The molecule has 104 valence electrons. The molecule has 5 nitrogen and oxygen atoms in total. The predicted molar refractivity (Wildman–Crippen MR) is 74.6 cm³/mol. The fraction of sp³-hybridized carbons (Fsp3) is 0.200. The average molecular weight is 272 g/mol. The second-order valence-electron chi connectivity index (χ2n) is 4.67. The van der Waals surface area contributed by atoms with Crippen molar-refractivity contribution in [2.24, 2.45) is 0 Å². The van der Waals surface area contributed by atoms with E-state index in [1.54, 1.807) is 36.4 Å². The van der Waals surface area contributed by atoms with Gasteiger partial charge in [0.25, 0.3) is 5.91 Å². The highest BCUT2D eigenvalue weighted by atomic mass is 16.3. The highest BCUT2D eigenvalue weighted by molar-refractivity contribution is 5.99. The van der Waals surface area contributed by atoms with Gasteiger partial charge in [0.2, 0.25) is 5.91 Å². The number of carbonyl (C=O) groups excluding carboxylic acids is 2. The second kappa shape index (κ2) is 5.61. The van der Waals surface area contributed by atoms with Gasteiger partial charge < -0.3 is 15.7 Å². The molecular formula is C15H16N2O3. The summed E-state index contributed by atoms with van der Waals surface area (Å²) in [4.78, 5) is 22.7. The Bertz CT molecular complexity index is 600. The van der Waals surface area contributed by atoms with Crippen LogP contribution in [0.15, 0.2) is 47.7 Å².